The fraction of sp³-hybridized carbons (Fsp3) is 0.214. The standard InChI is InChI=1S/C14H14N2O3S/c1-3-10-8-11(16(18)19)7-9(2)13(10)15-14(17)12-5-4-6-20-12/h4-8H,3H2,1-2H3,(H,15,17). The number of nitro benzene ring substituents is 1. The molecule has 0 aliphatic heterocycles. The van der Waals surface area contributed by atoms with E-state index >= 15 is 0 Å². The highest BCUT2D eigenvalue weighted by atomic mass is 32.1. The predicted octanol–water partition coefficient (Wildman–Crippen LogP) is 3.78. The van der Waals surface area contributed by atoms with Crippen LogP contribution in [0.1, 0.15) is 27.7 Å². The molecular weight excluding hydrogens is 276 g/mol. The minimum atomic E-state index is -0.420. The van der Waals surface area contributed by atoms with E-state index in [1.807, 2.05) is 18.4 Å². The van der Waals surface area contributed by atoms with Gasteiger partial charge in [0, 0.05) is 17.8 Å². The van der Waals surface area contributed by atoms with Crippen LogP contribution in [0.3, 0.4) is 0 Å². The number of non-ortho nitro benzene ring substituents is 1. The van der Waals surface area contributed by atoms with Crippen molar-refractivity contribution in [3.63, 3.8) is 0 Å². The number of hydrogen-bond acceptors (Lipinski definition) is 4. The molecule has 2 rings (SSSR count). The van der Waals surface area contributed by atoms with E-state index in [-0.39, 0.29) is 11.6 Å². The molecule has 0 unspecified atom stereocenters. The Kier molecular flexibility index (Phi) is 4.14. The number of nitrogens with zero attached hydrogens (tertiary/aromatic N) is 1. The van der Waals surface area contributed by atoms with Crippen LogP contribution in [0.25, 0.3) is 0 Å². The van der Waals surface area contributed by atoms with Gasteiger partial charge in [-0.15, -0.1) is 11.3 Å². The second kappa shape index (κ2) is 5.83. The zero-order valence-electron chi connectivity index (χ0n) is 11.2. The van der Waals surface area contributed by atoms with Crippen LogP contribution in [0.4, 0.5) is 11.4 Å². The van der Waals surface area contributed by atoms with Crippen molar-refractivity contribution in [3.8, 4) is 0 Å². The van der Waals surface area contributed by atoms with Crippen molar-refractivity contribution in [2.45, 2.75) is 20.3 Å². The minimum Gasteiger partial charge on any atom is -0.321 e. The molecule has 5 nitrogen and oxygen atoms in total. The second-order valence-electron chi connectivity index (χ2n) is 4.34. The van der Waals surface area contributed by atoms with Crippen LogP contribution < -0.4 is 5.32 Å². The van der Waals surface area contributed by atoms with E-state index in [4.69, 9.17) is 0 Å². The topological polar surface area (TPSA) is 72.2 Å². The van der Waals surface area contributed by atoms with Crippen molar-refractivity contribution in [2.24, 2.45) is 0 Å². The summed E-state index contributed by atoms with van der Waals surface area (Å²) in [5.74, 6) is -0.188. The van der Waals surface area contributed by atoms with Crippen molar-refractivity contribution >= 4 is 28.6 Å². The summed E-state index contributed by atoms with van der Waals surface area (Å²) in [7, 11) is 0. The van der Waals surface area contributed by atoms with Gasteiger partial charge in [-0.05, 0) is 35.9 Å². The molecule has 1 aromatic carbocycles. The van der Waals surface area contributed by atoms with Gasteiger partial charge in [-0.1, -0.05) is 13.0 Å². The molecule has 0 atom stereocenters. The van der Waals surface area contributed by atoms with Crippen LogP contribution >= 0.6 is 11.3 Å². The second-order valence-corrected chi connectivity index (χ2v) is 5.29. The summed E-state index contributed by atoms with van der Waals surface area (Å²) in [6, 6.07) is 6.54. The Hall–Kier alpha value is -2.21. The van der Waals surface area contributed by atoms with Gasteiger partial charge in [-0.25, -0.2) is 0 Å². The molecule has 1 amide bonds. The molecule has 0 aliphatic rings. The summed E-state index contributed by atoms with van der Waals surface area (Å²) in [5.41, 5.74) is 2.17. The van der Waals surface area contributed by atoms with Gasteiger partial charge >= 0.3 is 0 Å². The Labute approximate surface area is 120 Å². The highest BCUT2D eigenvalue weighted by molar-refractivity contribution is 7.12. The highest BCUT2D eigenvalue weighted by Gasteiger charge is 2.16. The largest absolute Gasteiger partial charge is 0.321 e. The first kappa shape index (κ1) is 14.2. The third-order valence-electron chi connectivity index (χ3n) is 2.98. The van der Waals surface area contributed by atoms with Crippen molar-refractivity contribution < 1.29 is 9.72 Å². The van der Waals surface area contributed by atoms with Gasteiger partial charge in [-0.2, -0.15) is 0 Å². The van der Waals surface area contributed by atoms with Crippen LogP contribution in [0.5, 0.6) is 0 Å². The average molecular weight is 290 g/mol. The first-order valence-electron chi connectivity index (χ1n) is 6.15. The van der Waals surface area contributed by atoms with E-state index in [0.29, 0.717) is 22.5 Å². The minimum absolute atomic E-state index is 0.0495. The molecule has 0 bridgehead atoms. The highest BCUT2D eigenvalue weighted by Crippen LogP contribution is 2.28. The van der Waals surface area contributed by atoms with Crippen LogP contribution in [-0.2, 0) is 6.42 Å². The van der Waals surface area contributed by atoms with Crippen molar-refractivity contribution in [2.75, 3.05) is 5.32 Å². The van der Waals surface area contributed by atoms with E-state index < -0.39 is 4.92 Å². The third kappa shape index (κ3) is 2.85. The molecule has 104 valence electrons. The molecule has 1 heterocycles. The van der Waals surface area contributed by atoms with Gasteiger partial charge in [0.15, 0.2) is 0 Å². The van der Waals surface area contributed by atoms with E-state index in [1.165, 1.54) is 23.5 Å². The van der Waals surface area contributed by atoms with Crippen LogP contribution in [0.2, 0.25) is 0 Å². The summed E-state index contributed by atoms with van der Waals surface area (Å²) >= 11 is 1.36. The number of aryl methyl sites for hydroxylation is 2. The summed E-state index contributed by atoms with van der Waals surface area (Å²) in [6.07, 6.45) is 0.614. The smallest absolute Gasteiger partial charge is 0.270 e. The summed E-state index contributed by atoms with van der Waals surface area (Å²) in [6.45, 7) is 3.66. The Morgan fingerprint density at radius 2 is 2.20 bits per heavy atom. The van der Waals surface area contributed by atoms with Gasteiger partial charge in [0.2, 0.25) is 0 Å². The van der Waals surface area contributed by atoms with E-state index in [2.05, 4.69) is 5.32 Å². The number of nitrogens with one attached hydrogen (secondary N) is 1. The maximum atomic E-state index is 12.1. The molecule has 2 aromatic rings. The molecule has 0 saturated heterocycles. The molecule has 6 heteroatoms. The number of carbonyl (C=O) groups is 1. The molecular formula is C14H14N2O3S. The molecule has 0 saturated carbocycles. The van der Waals surface area contributed by atoms with Crippen LogP contribution in [0, 0.1) is 17.0 Å². The predicted molar refractivity (Wildman–Crippen MR) is 79.5 cm³/mol. The summed E-state index contributed by atoms with van der Waals surface area (Å²) in [5, 5.41) is 15.5. The Morgan fingerprint density at radius 3 is 2.75 bits per heavy atom. The molecule has 1 aromatic heterocycles. The molecule has 0 spiro atoms. The monoisotopic (exact) mass is 290 g/mol. The number of thiophene rings is 1. The normalized spacial score (nSPS) is 10.3. The van der Waals surface area contributed by atoms with Gasteiger partial charge in [0.05, 0.1) is 9.80 Å². The first-order valence-corrected chi connectivity index (χ1v) is 7.03. The lowest BCUT2D eigenvalue weighted by Gasteiger charge is -2.12. The van der Waals surface area contributed by atoms with E-state index in [0.717, 1.165) is 5.56 Å². The van der Waals surface area contributed by atoms with Gasteiger partial charge in [-0.3, -0.25) is 14.9 Å². The first-order chi connectivity index (χ1) is 9.52. The van der Waals surface area contributed by atoms with Gasteiger partial charge in [0.1, 0.15) is 0 Å². The van der Waals surface area contributed by atoms with Crippen molar-refractivity contribution in [1.82, 2.24) is 0 Å². The number of anilines is 1. The third-order valence-corrected chi connectivity index (χ3v) is 3.85. The Morgan fingerprint density at radius 1 is 1.45 bits per heavy atom. The zero-order chi connectivity index (χ0) is 14.7. The number of nitro groups is 1. The zero-order valence-corrected chi connectivity index (χ0v) is 12.0. The van der Waals surface area contributed by atoms with E-state index in [1.54, 1.807) is 13.0 Å². The summed E-state index contributed by atoms with van der Waals surface area (Å²) < 4.78 is 0. The number of amides is 1. The van der Waals surface area contributed by atoms with Crippen LogP contribution in [0.15, 0.2) is 29.6 Å². The van der Waals surface area contributed by atoms with E-state index in [9.17, 15) is 14.9 Å². The van der Waals surface area contributed by atoms with Gasteiger partial charge in [0.25, 0.3) is 11.6 Å². The average Bonchev–Trinajstić information content (AvgIpc) is 2.94. The quantitative estimate of drug-likeness (QED) is 0.688. The number of hydrogen-bond donors (Lipinski definition) is 1. The number of rotatable bonds is 4. The van der Waals surface area contributed by atoms with Crippen LogP contribution in [-0.4, -0.2) is 10.8 Å². The Bertz CT molecular complexity index is 651. The Balaban J connectivity index is 2.36. The lowest BCUT2D eigenvalue weighted by molar-refractivity contribution is -0.384. The van der Waals surface area contributed by atoms with Gasteiger partial charge < -0.3 is 5.32 Å². The lowest BCUT2D eigenvalue weighted by Crippen LogP contribution is -2.13. The molecule has 20 heavy (non-hydrogen) atoms. The van der Waals surface area contributed by atoms with Crippen molar-refractivity contribution in [3.05, 3.63) is 55.8 Å². The maximum absolute atomic E-state index is 12.1. The molecule has 0 radical (unpaired) electrons. The SMILES string of the molecule is CCc1cc([N+](=O)[O-])cc(C)c1NC(=O)c1cccs1. The molecule has 0 fully saturated rings. The summed E-state index contributed by atoms with van der Waals surface area (Å²) in [4.78, 5) is 23.1. The molecule has 0 aliphatic carbocycles. The number of benzene rings is 1. The fourth-order valence-electron chi connectivity index (χ4n) is 1.99. The fourth-order valence-corrected chi connectivity index (χ4v) is 2.60. The maximum Gasteiger partial charge on any atom is 0.270 e. The van der Waals surface area contributed by atoms with Crippen molar-refractivity contribution in [1.29, 1.82) is 0 Å². The molecule has 1 N–H and O–H groups in total. The number of carbonyl (C=O) groups excluding carboxylic acids is 1. The lowest BCUT2D eigenvalue weighted by atomic mass is 10.0.